The summed E-state index contributed by atoms with van der Waals surface area (Å²) < 4.78 is 6.10. The van der Waals surface area contributed by atoms with Crippen LogP contribution in [0, 0.1) is 0 Å². The van der Waals surface area contributed by atoms with Gasteiger partial charge in [-0.25, -0.2) is 0 Å². The lowest BCUT2D eigenvalue weighted by Crippen LogP contribution is -2.05. The monoisotopic (exact) mass is 234 g/mol. The number of hydrogen-bond acceptors (Lipinski definition) is 2. The van der Waals surface area contributed by atoms with Crippen molar-refractivity contribution in [3.8, 4) is 0 Å². The highest BCUT2D eigenvalue weighted by Gasteiger charge is 2.37. The van der Waals surface area contributed by atoms with Crippen molar-refractivity contribution in [3.05, 3.63) is 42.2 Å². The van der Waals surface area contributed by atoms with E-state index < -0.39 is 0 Å². The van der Waals surface area contributed by atoms with Gasteiger partial charge >= 0.3 is 0 Å². The first-order valence-corrected chi connectivity index (χ1v) is 6.66. The molecule has 0 radical (unpaired) electrons. The van der Waals surface area contributed by atoms with E-state index in [4.69, 9.17) is 4.74 Å². The first-order chi connectivity index (χ1) is 7.70. The Hall–Kier alpha value is -0.890. The van der Waals surface area contributed by atoms with Gasteiger partial charge in [0.05, 0.1) is 12.9 Å². The quantitative estimate of drug-likeness (QED) is 0.433. The summed E-state index contributed by atoms with van der Waals surface area (Å²) in [5.41, 5.74) is 2.42. The molecular weight excluding hydrogens is 216 g/mol. The summed E-state index contributed by atoms with van der Waals surface area (Å²) in [6, 6.07) is 10.3. The van der Waals surface area contributed by atoms with E-state index in [1.54, 1.807) is 0 Å². The Balaban J connectivity index is 1.78. The van der Waals surface area contributed by atoms with E-state index in [0.717, 1.165) is 13.0 Å². The molecule has 1 aromatic rings. The second-order valence-electron chi connectivity index (χ2n) is 4.53. The van der Waals surface area contributed by atoms with Crippen LogP contribution in [0.15, 0.2) is 36.6 Å². The summed E-state index contributed by atoms with van der Waals surface area (Å²) in [5, 5.41) is 0. The van der Waals surface area contributed by atoms with Gasteiger partial charge in [-0.2, -0.15) is 11.8 Å². The van der Waals surface area contributed by atoms with Gasteiger partial charge in [0.2, 0.25) is 0 Å². The zero-order valence-corrected chi connectivity index (χ0v) is 10.7. The van der Waals surface area contributed by atoms with Gasteiger partial charge in [-0.1, -0.05) is 30.3 Å². The summed E-state index contributed by atoms with van der Waals surface area (Å²) in [6.45, 7) is 5.21. The molecule has 1 atom stereocenters. The van der Waals surface area contributed by atoms with E-state index in [2.05, 4.69) is 38.1 Å². The normalized spacial score (nSPS) is 24.2. The zero-order chi connectivity index (χ0) is 11.4. The lowest BCUT2D eigenvalue weighted by Gasteiger charge is -2.07. The minimum absolute atomic E-state index is 0.508. The van der Waals surface area contributed by atoms with Gasteiger partial charge in [0.1, 0.15) is 0 Å². The van der Waals surface area contributed by atoms with E-state index in [1.807, 2.05) is 24.1 Å². The van der Waals surface area contributed by atoms with Crippen molar-refractivity contribution in [2.24, 2.45) is 0 Å². The molecule has 1 saturated heterocycles. The molecule has 0 aromatic heterocycles. The Bertz CT molecular complexity index is 366. The summed E-state index contributed by atoms with van der Waals surface area (Å²) in [5.74, 6) is 1.29. The predicted molar refractivity (Wildman–Crippen MR) is 71.5 cm³/mol. The number of ether oxygens (including phenoxy) is 1. The molecule has 2 rings (SSSR count). The second kappa shape index (κ2) is 4.96. The Morgan fingerprint density at radius 3 is 2.75 bits per heavy atom. The first kappa shape index (κ1) is 11.6. The Labute approximate surface area is 102 Å². The summed E-state index contributed by atoms with van der Waals surface area (Å²) in [7, 11) is 0. The molecule has 0 bridgehead atoms. The van der Waals surface area contributed by atoms with Crippen molar-refractivity contribution < 1.29 is 4.74 Å². The molecule has 1 heterocycles. The fourth-order valence-corrected chi connectivity index (χ4v) is 2.11. The molecule has 1 fully saturated rings. The SMILES string of the molecule is C/C(=C/OCCC1(C)CS1)c1ccccc1. The number of hydrogen-bond donors (Lipinski definition) is 0. The standard InChI is InChI=1S/C14H18OS/c1-12(13-6-4-3-5-7-13)10-15-9-8-14(2)11-16-14/h3-7,10H,8-9,11H2,1-2H3/b12-10-. The van der Waals surface area contributed by atoms with Crippen LogP contribution in [-0.2, 0) is 4.74 Å². The molecule has 1 unspecified atom stereocenters. The highest BCUT2D eigenvalue weighted by atomic mass is 32.2. The third kappa shape index (κ3) is 3.31. The number of rotatable bonds is 5. The zero-order valence-electron chi connectivity index (χ0n) is 9.90. The van der Waals surface area contributed by atoms with E-state index in [-0.39, 0.29) is 0 Å². The van der Waals surface area contributed by atoms with Gasteiger partial charge in [-0.05, 0) is 31.4 Å². The minimum Gasteiger partial charge on any atom is -0.501 e. The van der Waals surface area contributed by atoms with Crippen LogP contribution in [0.5, 0.6) is 0 Å². The van der Waals surface area contributed by atoms with Crippen molar-refractivity contribution in [1.82, 2.24) is 0 Å². The Morgan fingerprint density at radius 1 is 1.44 bits per heavy atom. The average Bonchev–Trinajstić information content (AvgIpc) is 3.04. The van der Waals surface area contributed by atoms with Gasteiger partial charge in [0.15, 0.2) is 0 Å². The van der Waals surface area contributed by atoms with Gasteiger partial charge in [-0.3, -0.25) is 0 Å². The third-order valence-electron chi connectivity index (χ3n) is 2.88. The Kier molecular flexibility index (Phi) is 3.59. The maximum Gasteiger partial charge on any atom is 0.0886 e. The van der Waals surface area contributed by atoms with Gasteiger partial charge in [-0.15, -0.1) is 0 Å². The van der Waals surface area contributed by atoms with Crippen LogP contribution in [0.2, 0.25) is 0 Å². The maximum absolute atomic E-state index is 5.59. The molecule has 1 aliphatic heterocycles. The smallest absolute Gasteiger partial charge is 0.0886 e. The lowest BCUT2D eigenvalue weighted by molar-refractivity contribution is 0.240. The van der Waals surface area contributed by atoms with Gasteiger partial charge in [0, 0.05) is 10.5 Å². The van der Waals surface area contributed by atoms with Crippen LogP contribution in [-0.4, -0.2) is 17.1 Å². The van der Waals surface area contributed by atoms with Crippen molar-refractivity contribution in [2.75, 3.05) is 12.4 Å². The molecule has 1 aliphatic rings. The van der Waals surface area contributed by atoms with Crippen molar-refractivity contribution >= 4 is 17.3 Å². The molecule has 1 aromatic carbocycles. The van der Waals surface area contributed by atoms with E-state index >= 15 is 0 Å². The predicted octanol–water partition coefficient (Wildman–Crippen LogP) is 3.96. The van der Waals surface area contributed by atoms with Crippen molar-refractivity contribution in [3.63, 3.8) is 0 Å². The summed E-state index contributed by atoms with van der Waals surface area (Å²) in [6.07, 6.45) is 3.03. The molecule has 2 heteroatoms. The summed E-state index contributed by atoms with van der Waals surface area (Å²) in [4.78, 5) is 0. The van der Waals surface area contributed by atoms with Crippen LogP contribution in [0.3, 0.4) is 0 Å². The van der Waals surface area contributed by atoms with E-state index in [9.17, 15) is 0 Å². The molecule has 0 amide bonds. The van der Waals surface area contributed by atoms with Crippen LogP contribution in [0.4, 0.5) is 0 Å². The maximum atomic E-state index is 5.59. The summed E-state index contributed by atoms with van der Waals surface area (Å²) >= 11 is 2.03. The third-order valence-corrected chi connectivity index (χ3v) is 4.35. The average molecular weight is 234 g/mol. The number of allylic oxidation sites excluding steroid dienone is 1. The van der Waals surface area contributed by atoms with Crippen LogP contribution < -0.4 is 0 Å². The Morgan fingerprint density at radius 2 is 2.12 bits per heavy atom. The largest absolute Gasteiger partial charge is 0.501 e. The topological polar surface area (TPSA) is 9.23 Å². The van der Waals surface area contributed by atoms with Crippen molar-refractivity contribution in [2.45, 2.75) is 25.0 Å². The second-order valence-corrected chi connectivity index (χ2v) is 6.09. The molecule has 86 valence electrons. The highest BCUT2D eigenvalue weighted by Crippen LogP contribution is 2.46. The van der Waals surface area contributed by atoms with Crippen LogP contribution in [0.25, 0.3) is 5.57 Å². The van der Waals surface area contributed by atoms with Gasteiger partial charge in [0.25, 0.3) is 0 Å². The van der Waals surface area contributed by atoms with Gasteiger partial charge < -0.3 is 4.74 Å². The molecule has 0 aliphatic carbocycles. The van der Waals surface area contributed by atoms with Crippen LogP contribution >= 0.6 is 11.8 Å². The number of benzene rings is 1. The van der Waals surface area contributed by atoms with E-state index in [0.29, 0.717) is 4.75 Å². The molecular formula is C14H18OS. The highest BCUT2D eigenvalue weighted by molar-refractivity contribution is 8.07. The first-order valence-electron chi connectivity index (χ1n) is 5.67. The van der Waals surface area contributed by atoms with Crippen LogP contribution in [0.1, 0.15) is 25.8 Å². The molecule has 0 spiro atoms. The minimum atomic E-state index is 0.508. The fraction of sp³-hybridized carbons (Fsp3) is 0.429. The fourth-order valence-electron chi connectivity index (χ4n) is 1.50. The number of thioether (sulfide) groups is 1. The van der Waals surface area contributed by atoms with Crippen molar-refractivity contribution in [1.29, 1.82) is 0 Å². The molecule has 0 N–H and O–H groups in total. The molecule has 0 saturated carbocycles. The lowest BCUT2D eigenvalue weighted by atomic mass is 10.1. The molecule has 1 nitrogen and oxygen atoms in total. The van der Waals surface area contributed by atoms with E-state index in [1.165, 1.54) is 16.9 Å². The molecule has 16 heavy (non-hydrogen) atoms.